The normalized spacial score (nSPS) is 27.6. The van der Waals surface area contributed by atoms with Crippen molar-refractivity contribution >= 4 is 11.7 Å². The first-order valence-corrected chi connectivity index (χ1v) is 5.47. The molecule has 1 saturated heterocycles. The van der Waals surface area contributed by atoms with Crippen molar-refractivity contribution in [3.05, 3.63) is 12.2 Å². The summed E-state index contributed by atoms with van der Waals surface area (Å²) in [5, 5.41) is 0. The van der Waals surface area contributed by atoms with Gasteiger partial charge in [0.1, 0.15) is 0 Å². The first-order valence-electron chi connectivity index (χ1n) is 5.47. The van der Waals surface area contributed by atoms with Crippen LogP contribution < -0.4 is 0 Å². The van der Waals surface area contributed by atoms with Crippen LogP contribution in [0.4, 0.5) is 0 Å². The summed E-state index contributed by atoms with van der Waals surface area (Å²) in [4.78, 5) is 24.7. The van der Waals surface area contributed by atoms with Crippen LogP contribution in [0.1, 0.15) is 33.1 Å². The van der Waals surface area contributed by atoms with Crippen molar-refractivity contribution in [2.45, 2.75) is 39.2 Å². The summed E-state index contributed by atoms with van der Waals surface area (Å²) in [5.74, 6) is 0.146. The minimum absolute atomic E-state index is 0.0268. The van der Waals surface area contributed by atoms with E-state index in [1.54, 1.807) is 18.7 Å². The van der Waals surface area contributed by atoms with Gasteiger partial charge in [-0.2, -0.15) is 0 Å². The van der Waals surface area contributed by atoms with Crippen LogP contribution in [-0.4, -0.2) is 29.2 Å². The van der Waals surface area contributed by atoms with Crippen LogP contribution in [0.5, 0.6) is 0 Å². The van der Waals surface area contributed by atoms with Crippen molar-refractivity contribution in [1.82, 2.24) is 4.90 Å². The fourth-order valence-electron chi connectivity index (χ4n) is 2.80. The Bertz CT molecular complexity index is 301. The Morgan fingerprint density at radius 2 is 1.87 bits per heavy atom. The summed E-state index contributed by atoms with van der Waals surface area (Å²) < 4.78 is 0. The van der Waals surface area contributed by atoms with E-state index in [-0.39, 0.29) is 23.1 Å². The van der Waals surface area contributed by atoms with Gasteiger partial charge in [0.25, 0.3) is 0 Å². The Hall–Kier alpha value is -1.12. The molecule has 3 nitrogen and oxygen atoms in total. The SMILES string of the molecule is CC(=O)[C@@H]1CC2(CC=CC2)CN1C(C)=O. The average Bonchev–Trinajstić information content (AvgIpc) is 2.74. The molecule has 0 radical (unpaired) electrons. The molecule has 0 aromatic heterocycles. The molecular weight excluding hydrogens is 190 g/mol. The van der Waals surface area contributed by atoms with Crippen molar-refractivity contribution in [2.75, 3.05) is 6.54 Å². The van der Waals surface area contributed by atoms with Gasteiger partial charge in [0, 0.05) is 13.5 Å². The number of carbonyl (C=O) groups is 2. The highest BCUT2D eigenvalue weighted by Gasteiger charge is 2.46. The molecule has 0 unspecified atom stereocenters. The van der Waals surface area contributed by atoms with Gasteiger partial charge < -0.3 is 4.90 Å². The van der Waals surface area contributed by atoms with Gasteiger partial charge >= 0.3 is 0 Å². The smallest absolute Gasteiger partial charge is 0.220 e. The monoisotopic (exact) mass is 207 g/mol. The zero-order valence-corrected chi connectivity index (χ0v) is 9.32. The van der Waals surface area contributed by atoms with Crippen LogP contribution in [0.15, 0.2) is 12.2 Å². The van der Waals surface area contributed by atoms with Gasteiger partial charge in [0.05, 0.1) is 6.04 Å². The highest BCUT2D eigenvalue weighted by molar-refractivity contribution is 5.87. The van der Waals surface area contributed by atoms with Crippen LogP contribution in [-0.2, 0) is 9.59 Å². The molecule has 1 amide bonds. The molecule has 1 heterocycles. The van der Waals surface area contributed by atoms with Gasteiger partial charge in [-0.3, -0.25) is 9.59 Å². The molecule has 2 rings (SSSR count). The maximum Gasteiger partial charge on any atom is 0.220 e. The predicted octanol–water partition coefficient (Wildman–Crippen LogP) is 1.53. The number of ketones is 1. The second-order valence-electron chi connectivity index (χ2n) is 4.86. The molecule has 0 saturated carbocycles. The summed E-state index contributed by atoms with van der Waals surface area (Å²) in [6.07, 6.45) is 7.21. The first-order chi connectivity index (χ1) is 7.04. The molecule has 1 spiro atoms. The molecule has 1 aliphatic heterocycles. The van der Waals surface area contributed by atoms with E-state index in [2.05, 4.69) is 12.2 Å². The first kappa shape index (κ1) is 10.4. The van der Waals surface area contributed by atoms with E-state index in [4.69, 9.17) is 0 Å². The second-order valence-corrected chi connectivity index (χ2v) is 4.86. The maximum absolute atomic E-state index is 11.5. The number of amides is 1. The number of hydrogen-bond donors (Lipinski definition) is 0. The summed E-state index contributed by atoms with van der Waals surface area (Å²) in [6.45, 7) is 3.89. The molecule has 1 atom stereocenters. The largest absolute Gasteiger partial charge is 0.332 e. The van der Waals surface area contributed by atoms with Gasteiger partial charge in [-0.05, 0) is 31.6 Å². The molecule has 82 valence electrons. The summed E-state index contributed by atoms with van der Waals surface area (Å²) >= 11 is 0. The highest BCUT2D eigenvalue weighted by atomic mass is 16.2. The Morgan fingerprint density at radius 3 is 2.27 bits per heavy atom. The zero-order valence-electron chi connectivity index (χ0n) is 9.32. The average molecular weight is 207 g/mol. The molecule has 0 aromatic carbocycles. The van der Waals surface area contributed by atoms with E-state index >= 15 is 0 Å². The van der Waals surface area contributed by atoms with Crippen molar-refractivity contribution in [3.8, 4) is 0 Å². The second kappa shape index (κ2) is 3.47. The quantitative estimate of drug-likeness (QED) is 0.611. The molecule has 0 N–H and O–H groups in total. The molecule has 15 heavy (non-hydrogen) atoms. The summed E-state index contributed by atoms with van der Waals surface area (Å²) in [6, 6.07) is -0.178. The molecular formula is C12H17NO2. The van der Waals surface area contributed by atoms with Gasteiger partial charge in [-0.15, -0.1) is 0 Å². The highest BCUT2D eigenvalue weighted by Crippen LogP contribution is 2.44. The molecule has 2 aliphatic rings. The van der Waals surface area contributed by atoms with E-state index in [0.29, 0.717) is 0 Å². The zero-order chi connectivity index (χ0) is 11.1. The minimum atomic E-state index is -0.178. The molecule has 0 aromatic rings. The summed E-state index contributed by atoms with van der Waals surface area (Å²) in [5.41, 5.74) is 0.169. The lowest BCUT2D eigenvalue weighted by Gasteiger charge is -2.23. The van der Waals surface area contributed by atoms with Crippen LogP contribution in [0.2, 0.25) is 0 Å². The lowest BCUT2D eigenvalue weighted by atomic mass is 9.82. The molecule has 1 aliphatic carbocycles. The Balaban J connectivity index is 2.19. The number of allylic oxidation sites excluding steroid dienone is 2. The Morgan fingerprint density at radius 1 is 1.27 bits per heavy atom. The van der Waals surface area contributed by atoms with E-state index in [0.717, 1.165) is 25.8 Å². The minimum Gasteiger partial charge on any atom is -0.332 e. The van der Waals surface area contributed by atoms with E-state index in [1.807, 2.05) is 0 Å². The fourth-order valence-corrected chi connectivity index (χ4v) is 2.80. The molecule has 3 heteroatoms. The standard InChI is InChI=1S/C12H17NO2/c1-9(14)11-7-12(5-3-4-6-12)8-13(11)10(2)15/h3-4,11H,5-8H2,1-2H3/t11-/m0/s1. The lowest BCUT2D eigenvalue weighted by molar-refractivity contribution is -0.135. The third-order valence-electron chi connectivity index (χ3n) is 3.65. The number of carbonyl (C=O) groups excluding carboxylic acids is 2. The van der Waals surface area contributed by atoms with Crippen molar-refractivity contribution < 1.29 is 9.59 Å². The van der Waals surface area contributed by atoms with E-state index in [9.17, 15) is 9.59 Å². The van der Waals surface area contributed by atoms with E-state index in [1.165, 1.54) is 0 Å². The van der Waals surface area contributed by atoms with Gasteiger partial charge in [0.2, 0.25) is 5.91 Å². The topological polar surface area (TPSA) is 37.4 Å². The Labute approximate surface area is 90.1 Å². The van der Waals surface area contributed by atoms with E-state index < -0.39 is 0 Å². The maximum atomic E-state index is 11.5. The number of Topliss-reactive ketones (excluding diaryl/α,β-unsaturated/α-hetero) is 1. The van der Waals surface area contributed by atoms with Crippen LogP contribution >= 0.6 is 0 Å². The number of likely N-dealkylation sites (tertiary alicyclic amines) is 1. The fraction of sp³-hybridized carbons (Fsp3) is 0.667. The van der Waals surface area contributed by atoms with Crippen molar-refractivity contribution in [3.63, 3.8) is 0 Å². The van der Waals surface area contributed by atoms with Gasteiger partial charge in [0.15, 0.2) is 5.78 Å². The van der Waals surface area contributed by atoms with Crippen LogP contribution in [0.25, 0.3) is 0 Å². The third kappa shape index (κ3) is 1.71. The predicted molar refractivity (Wildman–Crippen MR) is 57.3 cm³/mol. The van der Waals surface area contributed by atoms with Gasteiger partial charge in [-0.1, -0.05) is 12.2 Å². The van der Waals surface area contributed by atoms with Crippen LogP contribution in [0, 0.1) is 5.41 Å². The van der Waals surface area contributed by atoms with Crippen molar-refractivity contribution in [1.29, 1.82) is 0 Å². The number of rotatable bonds is 1. The molecule has 1 fully saturated rings. The van der Waals surface area contributed by atoms with Crippen LogP contribution in [0.3, 0.4) is 0 Å². The van der Waals surface area contributed by atoms with Crippen molar-refractivity contribution in [2.24, 2.45) is 5.41 Å². The number of hydrogen-bond acceptors (Lipinski definition) is 2. The summed E-state index contributed by atoms with van der Waals surface area (Å²) in [7, 11) is 0. The number of nitrogens with zero attached hydrogens (tertiary/aromatic N) is 1. The lowest BCUT2D eigenvalue weighted by Crippen LogP contribution is -2.38. The molecule has 0 bridgehead atoms. The van der Waals surface area contributed by atoms with Gasteiger partial charge in [-0.25, -0.2) is 0 Å². The Kier molecular flexibility index (Phi) is 2.41. The third-order valence-corrected chi connectivity index (χ3v) is 3.65.